The lowest BCUT2D eigenvalue weighted by molar-refractivity contribution is -0.343. The van der Waals surface area contributed by atoms with Gasteiger partial charge in [-0.1, -0.05) is 13.3 Å². The molecule has 0 saturated carbocycles. The van der Waals surface area contributed by atoms with Crippen molar-refractivity contribution >= 4 is 5.97 Å². The summed E-state index contributed by atoms with van der Waals surface area (Å²) < 4.78 is 36.0. The van der Waals surface area contributed by atoms with Crippen LogP contribution in [0.25, 0.3) is 0 Å². The van der Waals surface area contributed by atoms with E-state index in [2.05, 4.69) is 6.92 Å². The third-order valence-electron chi connectivity index (χ3n) is 6.18. The number of nitrogens with zero attached hydrogens (tertiary/aromatic N) is 1. The fourth-order valence-corrected chi connectivity index (χ4v) is 5.10. The van der Waals surface area contributed by atoms with Crippen molar-refractivity contribution in [2.75, 3.05) is 20.8 Å². The molecule has 7 atom stereocenters. The van der Waals surface area contributed by atoms with Gasteiger partial charge in [-0.2, -0.15) is 5.06 Å². The SMILES string of the molecule is CCC[C@@H]1[C@@H](C(=O)OC)[C@]2(O[C@@H]([C@H]3COC(C)(C)O3)[C@H]3OC(C)(C)O[C@H]32)ON1C. The molecule has 4 saturated heterocycles. The van der Waals surface area contributed by atoms with Crippen LogP contribution in [0.2, 0.25) is 0 Å². The average molecular weight is 415 g/mol. The Balaban J connectivity index is 1.72. The predicted octanol–water partition coefficient (Wildman–Crippen LogP) is 1.59. The van der Waals surface area contributed by atoms with Crippen LogP contribution in [0.3, 0.4) is 0 Å². The Hall–Kier alpha value is -0.810. The number of carbonyl (C=O) groups excluding carboxylic acids is 1. The fourth-order valence-electron chi connectivity index (χ4n) is 5.10. The van der Waals surface area contributed by atoms with Crippen molar-refractivity contribution in [3.63, 3.8) is 0 Å². The summed E-state index contributed by atoms with van der Waals surface area (Å²) in [6, 6.07) is -0.198. The number of hydrogen-bond donors (Lipinski definition) is 0. The summed E-state index contributed by atoms with van der Waals surface area (Å²) in [6.45, 7) is 9.85. The first kappa shape index (κ1) is 21.4. The Morgan fingerprint density at radius 3 is 2.38 bits per heavy atom. The lowest BCUT2D eigenvalue weighted by atomic mass is 9.85. The number of esters is 1. The molecule has 0 bridgehead atoms. The first-order valence-corrected chi connectivity index (χ1v) is 10.4. The number of fused-ring (bicyclic) bond motifs is 2. The molecule has 0 radical (unpaired) electrons. The van der Waals surface area contributed by atoms with Crippen LogP contribution in [0, 0.1) is 5.92 Å². The van der Waals surface area contributed by atoms with E-state index in [9.17, 15) is 4.79 Å². The number of hydroxylamine groups is 2. The summed E-state index contributed by atoms with van der Waals surface area (Å²) >= 11 is 0. The minimum absolute atomic E-state index is 0.198. The number of hydrogen-bond acceptors (Lipinski definition) is 9. The van der Waals surface area contributed by atoms with Gasteiger partial charge in [-0.25, -0.2) is 0 Å². The van der Waals surface area contributed by atoms with Crippen molar-refractivity contribution in [2.45, 2.75) is 95.3 Å². The molecule has 4 aliphatic rings. The number of methoxy groups -OCH3 is 1. The van der Waals surface area contributed by atoms with E-state index in [0.717, 1.165) is 12.8 Å². The van der Waals surface area contributed by atoms with Crippen LogP contribution < -0.4 is 0 Å². The molecule has 4 heterocycles. The molecular formula is C20H33NO8. The third kappa shape index (κ3) is 3.40. The second-order valence-corrected chi connectivity index (χ2v) is 9.19. The van der Waals surface area contributed by atoms with E-state index in [1.54, 1.807) is 5.06 Å². The zero-order chi connectivity index (χ0) is 21.2. The Labute approximate surface area is 171 Å². The second kappa shape index (κ2) is 7.12. The van der Waals surface area contributed by atoms with Crippen molar-refractivity contribution in [1.29, 1.82) is 0 Å². The van der Waals surface area contributed by atoms with Gasteiger partial charge in [0.1, 0.15) is 30.3 Å². The normalized spacial score (nSPS) is 45.8. The fraction of sp³-hybridized carbons (Fsp3) is 0.950. The average Bonchev–Trinajstić information content (AvgIpc) is 3.30. The molecule has 0 aliphatic carbocycles. The van der Waals surface area contributed by atoms with E-state index in [0.29, 0.717) is 6.61 Å². The van der Waals surface area contributed by atoms with Crippen molar-refractivity contribution in [3.8, 4) is 0 Å². The van der Waals surface area contributed by atoms with E-state index in [1.165, 1.54) is 7.11 Å². The highest BCUT2D eigenvalue weighted by Gasteiger charge is 2.74. The molecule has 0 aromatic heterocycles. The molecule has 9 nitrogen and oxygen atoms in total. The van der Waals surface area contributed by atoms with E-state index >= 15 is 0 Å². The molecule has 9 heteroatoms. The van der Waals surface area contributed by atoms with Gasteiger partial charge in [0.15, 0.2) is 11.6 Å². The minimum atomic E-state index is -1.35. The third-order valence-corrected chi connectivity index (χ3v) is 6.18. The summed E-state index contributed by atoms with van der Waals surface area (Å²) in [5, 5.41) is 1.70. The van der Waals surface area contributed by atoms with Gasteiger partial charge >= 0.3 is 5.97 Å². The summed E-state index contributed by atoms with van der Waals surface area (Å²) in [7, 11) is 3.20. The van der Waals surface area contributed by atoms with Gasteiger partial charge in [-0.05, 0) is 34.1 Å². The van der Waals surface area contributed by atoms with Crippen molar-refractivity contribution in [1.82, 2.24) is 5.06 Å². The van der Waals surface area contributed by atoms with E-state index in [1.807, 2.05) is 34.7 Å². The molecule has 1 spiro atoms. The monoisotopic (exact) mass is 415 g/mol. The lowest BCUT2D eigenvalue weighted by Gasteiger charge is -2.34. The zero-order valence-electron chi connectivity index (χ0n) is 18.3. The van der Waals surface area contributed by atoms with Crippen LogP contribution in [0.5, 0.6) is 0 Å². The second-order valence-electron chi connectivity index (χ2n) is 9.19. The molecule has 0 aromatic rings. The highest BCUT2D eigenvalue weighted by molar-refractivity contribution is 5.75. The minimum Gasteiger partial charge on any atom is -0.469 e. The molecule has 0 aromatic carbocycles. The molecule has 166 valence electrons. The molecule has 4 aliphatic heterocycles. The maximum Gasteiger partial charge on any atom is 0.316 e. The summed E-state index contributed by atoms with van der Waals surface area (Å²) in [5.41, 5.74) is 0. The van der Waals surface area contributed by atoms with Gasteiger partial charge in [0.25, 0.3) is 0 Å². The Morgan fingerprint density at radius 1 is 1.07 bits per heavy atom. The molecule has 29 heavy (non-hydrogen) atoms. The molecule has 0 N–H and O–H groups in total. The highest BCUT2D eigenvalue weighted by atomic mass is 16.9. The zero-order valence-corrected chi connectivity index (χ0v) is 18.3. The quantitative estimate of drug-likeness (QED) is 0.636. The van der Waals surface area contributed by atoms with Crippen molar-refractivity contribution in [3.05, 3.63) is 0 Å². The molecular weight excluding hydrogens is 382 g/mol. The smallest absolute Gasteiger partial charge is 0.316 e. The van der Waals surface area contributed by atoms with Crippen LogP contribution >= 0.6 is 0 Å². The van der Waals surface area contributed by atoms with Crippen LogP contribution in [0.1, 0.15) is 47.5 Å². The topological polar surface area (TPSA) is 84.9 Å². The maximum absolute atomic E-state index is 12.9. The molecule has 0 unspecified atom stereocenters. The van der Waals surface area contributed by atoms with Gasteiger partial charge in [-0.3, -0.25) is 9.63 Å². The van der Waals surface area contributed by atoms with Gasteiger partial charge in [0.05, 0.1) is 19.8 Å². The first-order chi connectivity index (χ1) is 13.5. The lowest BCUT2D eigenvalue weighted by Crippen LogP contribution is -2.52. The summed E-state index contributed by atoms with van der Waals surface area (Å²) in [4.78, 5) is 19.2. The van der Waals surface area contributed by atoms with Crippen molar-refractivity contribution < 1.29 is 38.1 Å². The van der Waals surface area contributed by atoms with Crippen LogP contribution in [-0.4, -0.2) is 79.6 Å². The molecule has 4 rings (SSSR count). The first-order valence-electron chi connectivity index (χ1n) is 10.4. The Kier molecular flexibility index (Phi) is 5.26. The largest absolute Gasteiger partial charge is 0.469 e. The standard InChI is InChI=1S/C20H33NO8/c1-8-9-11-13(17(22)23-7)20(29-21(11)6)16-15(26-19(4,5)28-16)14(27-20)12-10-24-18(2,3)25-12/h11-16H,8-10H2,1-7H3/t11-,12-,13+,14+,15-,16-,20+/m1/s1. The predicted molar refractivity (Wildman–Crippen MR) is 99.4 cm³/mol. The van der Waals surface area contributed by atoms with E-state index < -0.39 is 41.6 Å². The van der Waals surface area contributed by atoms with Crippen LogP contribution in [-0.2, 0) is 38.1 Å². The highest BCUT2D eigenvalue weighted by Crippen LogP contribution is 2.54. The van der Waals surface area contributed by atoms with Crippen LogP contribution in [0.4, 0.5) is 0 Å². The Bertz CT molecular complexity index is 654. The number of carbonyl (C=O) groups is 1. The van der Waals surface area contributed by atoms with Gasteiger partial charge in [-0.15, -0.1) is 0 Å². The number of ether oxygens (including phenoxy) is 6. The maximum atomic E-state index is 12.9. The number of rotatable bonds is 4. The van der Waals surface area contributed by atoms with Gasteiger partial charge in [0.2, 0.25) is 5.79 Å². The molecule has 0 amide bonds. The van der Waals surface area contributed by atoms with Gasteiger partial charge < -0.3 is 28.4 Å². The van der Waals surface area contributed by atoms with E-state index in [4.69, 9.17) is 33.3 Å². The van der Waals surface area contributed by atoms with Gasteiger partial charge in [0, 0.05) is 7.05 Å². The van der Waals surface area contributed by atoms with Crippen LogP contribution in [0.15, 0.2) is 0 Å². The van der Waals surface area contributed by atoms with E-state index in [-0.39, 0.29) is 18.1 Å². The Morgan fingerprint density at radius 2 is 1.79 bits per heavy atom. The summed E-state index contributed by atoms with van der Waals surface area (Å²) in [6.07, 6.45) is -0.312. The summed E-state index contributed by atoms with van der Waals surface area (Å²) in [5.74, 6) is -3.97. The molecule has 4 fully saturated rings. The van der Waals surface area contributed by atoms with Crippen molar-refractivity contribution in [2.24, 2.45) is 5.92 Å².